The highest BCUT2D eigenvalue weighted by atomic mass is 16.1. The van der Waals surface area contributed by atoms with Gasteiger partial charge in [-0.25, -0.2) is 0 Å². The first-order valence-corrected chi connectivity index (χ1v) is 4.38. The van der Waals surface area contributed by atoms with Crippen LogP contribution in [0.15, 0.2) is 0 Å². The lowest BCUT2D eigenvalue weighted by molar-refractivity contribution is -0.126. The van der Waals surface area contributed by atoms with Gasteiger partial charge in [0.1, 0.15) is 5.78 Å². The third-order valence-corrected chi connectivity index (χ3v) is 2.43. The fourth-order valence-electron chi connectivity index (χ4n) is 1.51. The minimum absolute atomic E-state index is 0.256. The van der Waals surface area contributed by atoms with Crippen molar-refractivity contribution in [3.8, 4) is 0 Å². The van der Waals surface area contributed by atoms with Gasteiger partial charge in [-0.1, -0.05) is 6.92 Å². The van der Waals surface area contributed by atoms with Gasteiger partial charge in [-0.2, -0.15) is 0 Å². The van der Waals surface area contributed by atoms with Crippen molar-refractivity contribution < 1.29 is 4.79 Å². The molecule has 0 aromatic heterocycles. The van der Waals surface area contributed by atoms with Gasteiger partial charge in [-0.3, -0.25) is 9.69 Å². The summed E-state index contributed by atoms with van der Waals surface area (Å²) in [6.45, 7) is 8.30. The van der Waals surface area contributed by atoms with E-state index in [0.717, 1.165) is 19.5 Å². The topological polar surface area (TPSA) is 20.3 Å². The van der Waals surface area contributed by atoms with Gasteiger partial charge < -0.3 is 0 Å². The average molecular weight is 155 g/mol. The van der Waals surface area contributed by atoms with E-state index in [-0.39, 0.29) is 5.92 Å². The Morgan fingerprint density at radius 2 is 2.18 bits per heavy atom. The molecule has 0 spiro atoms. The maximum absolute atomic E-state index is 11.1. The number of hydrogen-bond donors (Lipinski definition) is 0. The van der Waals surface area contributed by atoms with E-state index in [1.807, 2.05) is 6.92 Å². The monoisotopic (exact) mass is 155 g/mol. The third-order valence-electron chi connectivity index (χ3n) is 2.43. The van der Waals surface area contributed by atoms with Crippen LogP contribution in [0.25, 0.3) is 0 Å². The summed E-state index contributed by atoms with van der Waals surface area (Å²) in [6, 6.07) is 0.588. The van der Waals surface area contributed by atoms with Gasteiger partial charge in [0.25, 0.3) is 0 Å². The Hall–Kier alpha value is -0.370. The average Bonchev–Trinajstić information content (AvgIpc) is 1.94. The lowest BCUT2D eigenvalue weighted by Crippen LogP contribution is -2.43. The van der Waals surface area contributed by atoms with Gasteiger partial charge in [0, 0.05) is 31.5 Å². The van der Waals surface area contributed by atoms with Gasteiger partial charge in [-0.05, 0) is 13.8 Å². The summed E-state index contributed by atoms with van der Waals surface area (Å²) in [5, 5.41) is 0. The van der Waals surface area contributed by atoms with Crippen LogP contribution in [0, 0.1) is 5.92 Å². The molecule has 1 aliphatic heterocycles. The highest BCUT2D eigenvalue weighted by Gasteiger charge is 2.24. The highest BCUT2D eigenvalue weighted by Crippen LogP contribution is 2.14. The number of Topliss-reactive ketones (excluding diaryl/α,β-unsaturated/α-hetero) is 1. The van der Waals surface area contributed by atoms with E-state index in [0.29, 0.717) is 11.8 Å². The van der Waals surface area contributed by atoms with Crippen LogP contribution in [0.5, 0.6) is 0 Å². The van der Waals surface area contributed by atoms with Crippen molar-refractivity contribution in [1.82, 2.24) is 4.90 Å². The Morgan fingerprint density at radius 3 is 2.64 bits per heavy atom. The van der Waals surface area contributed by atoms with E-state index in [1.165, 1.54) is 0 Å². The quantitative estimate of drug-likeness (QED) is 0.569. The molecule has 1 rings (SSSR count). The minimum Gasteiger partial charge on any atom is -0.300 e. The second-order valence-corrected chi connectivity index (χ2v) is 3.71. The minimum atomic E-state index is 0.256. The fourth-order valence-corrected chi connectivity index (χ4v) is 1.51. The van der Waals surface area contributed by atoms with Crippen LogP contribution in [0.3, 0.4) is 0 Å². The Kier molecular flexibility index (Phi) is 2.66. The van der Waals surface area contributed by atoms with Crippen LogP contribution >= 0.6 is 0 Å². The van der Waals surface area contributed by atoms with Gasteiger partial charge in [0.05, 0.1) is 0 Å². The molecule has 0 radical (unpaired) electrons. The van der Waals surface area contributed by atoms with E-state index in [2.05, 4.69) is 18.7 Å². The summed E-state index contributed by atoms with van der Waals surface area (Å²) in [7, 11) is 0. The van der Waals surface area contributed by atoms with Crippen LogP contribution in [0.1, 0.15) is 27.2 Å². The first-order chi connectivity index (χ1) is 5.11. The lowest BCUT2D eigenvalue weighted by atomic mass is 9.98. The standard InChI is InChI=1S/C9H17NO/c1-7(2)10-5-4-9(11)8(3)6-10/h7-8H,4-6H2,1-3H3. The molecule has 0 aliphatic carbocycles. The fraction of sp³-hybridized carbons (Fsp3) is 0.889. The third kappa shape index (κ3) is 2.03. The molecule has 11 heavy (non-hydrogen) atoms. The molecule has 1 heterocycles. The largest absolute Gasteiger partial charge is 0.300 e. The van der Waals surface area contributed by atoms with Gasteiger partial charge in [0.2, 0.25) is 0 Å². The smallest absolute Gasteiger partial charge is 0.138 e. The van der Waals surface area contributed by atoms with Crippen LogP contribution < -0.4 is 0 Å². The number of piperidine rings is 1. The summed E-state index contributed by atoms with van der Waals surface area (Å²) in [4.78, 5) is 13.5. The number of nitrogens with zero attached hydrogens (tertiary/aromatic N) is 1. The molecule has 1 atom stereocenters. The molecule has 1 aliphatic rings. The molecule has 2 nitrogen and oxygen atoms in total. The summed E-state index contributed by atoms with van der Waals surface area (Å²) in [5.41, 5.74) is 0. The summed E-state index contributed by atoms with van der Waals surface area (Å²) < 4.78 is 0. The second-order valence-electron chi connectivity index (χ2n) is 3.71. The molecule has 0 aromatic carbocycles. The first-order valence-electron chi connectivity index (χ1n) is 4.38. The normalized spacial score (nSPS) is 28.0. The zero-order valence-electron chi connectivity index (χ0n) is 7.63. The molecule has 1 unspecified atom stereocenters. The zero-order valence-corrected chi connectivity index (χ0v) is 7.63. The van der Waals surface area contributed by atoms with Crippen molar-refractivity contribution in [2.45, 2.75) is 33.2 Å². The van der Waals surface area contributed by atoms with Crippen LogP contribution in [-0.2, 0) is 4.79 Å². The molecule has 2 heteroatoms. The Labute approximate surface area is 68.6 Å². The van der Waals surface area contributed by atoms with Crippen molar-refractivity contribution in [2.24, 2.45) is 5.92 Å². The van der Waals surface area contributed by atoms with E-state index >= 15 is 0 Å². The molecule has 64 valence electrons. The molecule has 0 bridgehead atoms. The van der Waals surface area contributed by atoms with Crippen molar-refractivity contribution >= 4 is 5.78 Å². The number of hydrogen-bond acceptors (Lipinski definition) is 2. The molecule has 0 saturated carbocycles. The van der Waals surface area contributed by atoms with Crippen LogP contribution in [0.4, 0.5) is 0 Å². The molecular weight excluding hydrogens is 138 g/mol. The van der Waals surface area contributed by atoms with Crippen LogP contribution in [-0.4, -0.2) is 29.8 Å². The van der Waals surface area contributed by atoms with Crippen LogP contribution in [0.2, 0.25) is 0 Å². The molecular formula is C9H17NO. The number of ketones is 1. The molecule has 0 aromatic rings. The highest BCUT2D eigenvalue weighted by molar-refractivity contribution is 5.81. The Balaban J connectivity index is 2.46. The maximum Gasteiger partial charge on any atom is 0.138 e. The number of rotatable bonds is 1. The van der Waals surface area contributed by atoms with Crippen molar-refractivity contribution in [1.29, 1.82) is 0 Å². The second kappa shape index (κ2) is 3.35. The first kappa shape index (κ1) is 8.72. The maximum atomic E-state index is 11.1. The van der Waals surface area contributed by atoms with Crippen molar-refractivity contribution in [3.05, 3.63) is 0 Å². The van der Waals surface area contributed by atoms with Gasteiger partial charge in [-0.15, -0.1) is 0 Å². The van der Waals surface area contributed by atoms with Crippen molar-refractivity contribution in [2.75, 3.05) is 13.1 Å². The number of carbonyl (C=O) groups excluding carboxylic acids is 1. The Morgan fingerprint density at radius 1 is 1.55 bits per heavy atom. The van der Waals surface area contributed by atoms with Gasteiger partial charge >= 0.3 is 0 Å². The summed E-state index contributed by atoms with van der Waals surface area (Å²) in [6.07, 6.45) is 0.749. The summed E-state index contributed by atoms with van der Waals surface area (Å²) >= 11 is 0. The lowest BCUT2D eigenvalue weighted by Gasteiger charge is -2.32. The molecule has 0 N–H and O–H groups in total. The van der Waals surface area contributed by atoms with E-state index in [9.17, 15) is 4.79 Å². The number of likely N-dealkylation sites (tertiary alicyclic amines) is 1. The summed E-state index contributed by atoms with van der Waals surface area (Å²) in [5.74, 6) is 0.688. The predicted octanol–water partition coefficient (Wildman–Crippen LogP) is 1.31. The zero-order chi connectivity index (χ0) is 8.43. The Bertz CT molecular complexity index is 154. The predicted molar refractivity (Wildman–Crippen MR) is 45.5 cm³/mol. The van der Waals surface area contributed by atoms with Gasteiger partial charge in [0.15, 0.2) is 0 Å². The van der Waals surface area contributed by atoms with E-state index in [1.54, 1.807) is 0 Å². The molecule has 0 amide bonds. The SMILES string of the molecule is CC1CN(C(C)C)CCC1=O. The van der Waals surface area contributed by atoms with E-state index < -0.39 is 0 Å². The molecule has 1 fully saturated rings. The van der Waals surface area contributed by atoms with Crippen molar-refractivity contribution in [3.63, 3.8) is 0 Å². The number of carbonyl (C=O) groups is 1. The van der Waals surface area contributed by atoms with E-state index in [4.69, 9.17) is 0 Å². The molecule has 1 saturated heterocycles.